The molecule has 2 heterocycles. The number of nitrogens with two attached hydrogens (primary N) is 1. The molecule has 12 heteroatoms. The molecule has 0 radical (unpaired) electrons. The van der Waals surface area contributed by atoms with E-state index in [-0.39, 0.29) is 34.2 Å². The van der Waals surface area contributed by atoms with E-state index in [1.54, 1.807) is 0 Å². The number of rotatable bonds is 5. The van der Waals surface area contributed by atoms with Crippen molar-refractivity contribution in [1.82, 2.24) is 14.3 Å². The van der Waals surface area contributed by atoms with E-state index in [9.17, 15) is 31.1 Å². The zero-order valence-corrected chi connectivity index (χ0v) is 19.0. The van der Waals surface area contributed by atoms with Crippen molar-refractivity contribution in [1.29, 1.82) is 0 Å². The number of halogens is 6. The van der Waals surface area contributed by atoms with Crippen LogP contribution in [0.3, 0.4) is 0 Å². The minimum absolute atomic E-state index is 0.111. The van der Waals surface area contributed by atoms with Crippen LogP contribution in [0.25, 0.3) is 11.4 Å². The molecule has 6 nitrogen and oxygen atoms in total. The average molecular weight is 517 g/mol. The van der Waals surface area contributed by atoms with Crippen molar-refractivity contribution in [3.63, 3.8) is 0 Å². The van der Waals surface area contributed by atoms with Crippen LogP contribution >= 0.6 is 0 Å². The number of allylic oxidation sites excluding steroid dienone is 2. The predicted molar refractivity (Wildman–Crippen MR) is 125 cm³/mol. The standard InChI is InChI=1S/C25H17F6N5O/c1-14(32)9-21(33-16-4-2-3-15(10-16)25(29,30)31)24-23(37)7-8-36(34-24)22-6-5-17(11-18(22)26)35-12-19(27)20(28)13-35/h2-13H,32H2,1H3. The highest BCUT2D eigenvalue weighted by molar-refractivity contribution is 6.08. The second kappa shape index (κ2) is 9.80. The smallest absolute Gasteiger partial charge is 0.402 e. The molecule has 2 N–H and O–H groups in total. The fourth-order valence-electron chi connectivity index (χ4n) is 3.38. The molecular weight excluding hydrogens is 500 g/mol. The fraction of sp³-hybridized carbons (Fsp3) is 0.0800. The molecule has 0 amide bonds. The average Bonchev–Trinajstić information content (AvgIpc) is 3.16. The van der Waals surface area contributed by atoms with Gasteiger partial charge in [0.1, 0.15) is 5.69 Å². The highest BCUT2D eigenvalue weighted by Gasteiger charge is 2.30. The van der Waals surface area contributed by atoms with E-state index in [1.807, 2.05) is 0 Å². The van der Waals surface area contributed by atoms with E-state index in [0.717, 1.165) is 52.0 Å². The Hall–Kier alpha value is -4.61. The predicted octanol–water partition coefficient (Wildman–Crippen LogP) is 5.44. The van der Waals surface area contributed by atoms with Crippen molar-refractivity contribution in [3.8, 4) is 11.4 Å². The summed E-state index contributed by atoms with van der Waals surface area (Å²) >= 11 is 0. The molecule has 0 unspecified atom stereocenters. The lowest BCUT2D eigenvalue weighted by molar-refractivity contribution is -0.137. The number of alkyl halides is 3. The van der Waals surface area contributed by atoms with Crippen molar-refractivity contribution in [2.75, 3.05) is 0 Å². The van der Waals surface area contributed by atoms with Crippen molar-refractivity contribution < 1.29 is 26.3 Å². The highest BCUT2D eigenvalue weighted by Crippen LogP contribution is 2.31. The van der Waals surface area contributed by atoms with Gasteiger partial charge in [0, 0.05) is 42.1 Å². The Balaban J connectivity index is 1.79. The summed E-state index contributed by atoms with van der Waals surface area (Å²) in [4.78, 5) is 16.8. The molecule has 0 bridgehead atoms. The summed E-state index contributed by atoms with van der Waals surface area (Å²) in [5.74, 6) is -3.05. The topological polar surface area (TPSA) is 78.2 Å². The molecule has 4 rings (SSSR count). The van der Waals surface area contributed by atoms with Gasteiger partial charge in [-0.05, 0) is 43.3 Å². The first kappa shape index (κ1) is 25.5. The Kier molecular flexibility index (Phi) is 6.75. The molecule has 0 spiro atoms. The molecule has 0 aliphatic rings. The Labute approximate surface area is 205 Å². The maximum Gasteiger partial charge on any atom is 0.416 e. The van der Waals surface area contributed by atoms with Gasteiger partial charge in [0.25, 0.3) is 0 Å². The van der Waals surface area contributed by atoms with E-state index >= 15 is 0 Å². The lowest BCUT2D eigenvalue weighted by Gasteiger charge is -2.11. The normalized spacial score (nSPS) is 12.7. The number of benzene rings is 2. The van der Waals surface area contributed by atoms with Gasteiger partial charge in [0.15, 0.2) is 23.1 Å². The molecular formula is C25H17F6N5O. The number of aliphatic imine (C=N–C) groups is 1. The third-order valence-electron chi connectivity index (χ3n) is 5.05. The molecule has 190 valence electrons. The Morgan fingerprint density at radius 2 is 1.70 bits per heavy atom. The lowest BCUT2D eigenvalue weighted by atomic mass is 10.1. The van der Waals surface area contributed by atoms with Crippen LogP contribution in [0, 0.1) is 17.5 Å². The zero-order chi connectivity index (χ0) is 26.9. The van der Waals surface area contributed by atoms with Gasteiger partial charge in [-0.1, -0.05) is 6.07 Å². The first-order valence-corrected chi connectivity index (χ1v) is 10.6. The van der Waals surface area contributed by atoms with Crippen LogP contribution in [0.5, 0.6) is 0 Å². The molecule has 2 aromatic carbocycles. The minimum Gasteiger partial charge on any atom is -0.402 e. The molecule has 0 aliphatic heterocycles. The summed E-state index contributed by atoms with van der Waals surface area (Å²) in [5, 5.41) is 4.13. The van der Waals surface area contributed by atoms with Gasteiger partial charge < -0.3 is 10.3 Å². The van der Waals surface area contributed by atoms with E-state index in [2.05, 4.69) is 10.1 Å². The van der Waals surface area contributed by atoms with Gasteiger partial charge in [-0.3, -0.25) is 4.79 Å². The molecule has 0 atom stereocenters. The molecule has 0 saturated heterocycles. The number of hydrogen-bond acceptors (Lipinski definition) is 4. The van der Waals surface area contributed by atoms with E-state index in [1.165, 1.54) is 37.4 Å². The summed E-state index contributed by atoms with van der Waals surface area (Å²) in [5.41, 5.74) is 3.78. The Bertz CT molecular complexity index is 1580. The van der Waals surface area contributed by atoms with Crippen LogP contribution in [0.15, 0.2) is 88.7 Å². The van der Waals surface area contributed by atoms with Crippen LogP contribution in [0.1, 0.15) is 18.2 Å². The van der Waals surface area contributed by atoms with Gasteiger partial charge >= 0.3 is 6.18 Å². The van der Waals surface area contributed by atoms with Gasteiger partial charge in [-0.2, -0.15) is 18.3 Å². The molecule has 2 aromatic heterocycles. The lowest BCUT2D eigenvalue weighted by Crippen LogP contribution is -2.21. The van der Waals surface area contributed by atoms with E-state index in [0.29, 0.717) is 0 Å². The van der Waals surface area contributed by atoms with Crippen LogP contribution in [-0.2, 0) is 6.18 Å². The van der Waals surface area contributed by atoms with E-state index in [4.69, 9.17) is 5.73 Å². The van der Waals surface area contributed by atoms with Crippen LogP contribution in [-0.4, -0.2) is 20.1 Å². The third kappa shape index (κ3) is 5.63. The van der Waals surface area contributed by atoms with E-state index < -0.39 is 34.6 Å². The van der Waals surface area contributed by atoms with Gasteiger partial charge in [-0.15, -0.1) is 0 Å². The second-order valence-electron chi connectivity index (χ2n) is 7.90. The monoisotopic (exact) mass is 517 g/mol. The first-order chi connectivity index (χ1) is 17.4. The van der Waals surface area contributed by atoms with Crippen LogP contribution in [0.2, 0.25) is 0 Å². The van der Waals surface area contributed by atoms with Crippen LogP contribution in [0.4, 0.5) is 32.0 Å². The van der Waals surface area contributed by atoms with Gasteiger partial charge in [0.2, 0.25) is 5.43 Å². The summed E-state index contributed by atoms with van der Waals surface area (Å²) in [6.45, 7) is 1.48. The largest absolute Gasteiger partial charge is 0.416 e. The van der Waals surface area contributed by atoms with Crippen molar-refractivity contribution in [3.05, 3.63) is 118 Å². The first-order valence-electron chi connectivity index (χ1n) is 10.6. The second-order valence-corrected chi connectivity index (χ2v) is 7.90. The third-order valence-corrected chi connectivity index (χ3v) is 5.05. The van der Waals surface area contributed by atoms with Crippen LogP contribution < -0.4 is 11.2 Å². The number of nitrogens with zero attached hydrogens (tertiary/aromatic N) is 4. The zero-order valence-electron chi connectivity index (χ0n) is 19.0. The molecule has 37 heavy (non-hydrogen) atoms. The SMILES string of the molecule is CC(N)=CC(=Nc1cccc(C(F)(F)F)c1)c1nn(-c2ccc(-n3cc(F)c(F)c3)cc2F)ccc1=O. The Morgan fingerprint density at radius 3 is 2.32 bits per heavy atom. The molecule has 4 aromatic rings. The maximum atomic E-state index is 15.0. The maximum absolute atomic E-state index is 15.0. The minimum atomic E-state index is -4.61. The molecule has 0 aliphatic carbocycles. The number of hydrogen-bond donors (Lipinski definition) is 1. The van der Waals surface area contributed by atoms with Gasteiger partial charge in [0.05, 0.1) is 17.0 Å². The summed E-state index contributed by atoms with van der Waals surface area (Å²) in [6, 6.07) is 8.87. The fourth-order valence-corrected chi connectivity index (χ4v) is 3.38. The highest BCUT2D eigenvalue weighted by atomic mass is 19.4. The summed E-state index contributed by atoms with van der Waals surface area (Å²) in [6.07, 6.45) is -0.483. The van der Waals surface area contributed by atoms with Crippen molar-refractivity contribution >= 4 is 11.4 Å². The quantitative estimate of drug-likeness (QED) is 0.283. The summed E-state index contributed by atoms with van der Waals surface area (Å²) in [7, 11) is 0. The van der Waals surface area contributed by atoms with Crippen molar-refractivity contribution in [2.45, 2.75) is 13.1 Å². The number of aromatic nitrogens is 3. The molecule has 0 saturated carbocycles. The van der Waals surface area contributed by atoms with Gasteiger partial charge in [-0.25, -0.2) is 22.8 Å². The Morgan fingerprint density at radius 1 is 1.00 bits per heavy atom. The van der Waals surface area contributed by atoms with Crippen molar-refractivity contribution in [2.24, 2.45) is 10.7 Å². The molecule has 0 fully saturated rings. The summed E-state index contributed by atoms with van der Waals surface area (Å²) < 4.78 is 83.1.